The zero-order valence-corrected chi connectivity index (χ0v) is 16.1. The van der Waals surface area contributed by atoms with Gasteiger partial charge in [0.05, 0.1) is 0 Å². The second kappa shape index (κ2) is 7.75. The number of amides is 1. The fraction of sp³-hybridized carbons (Fsp3) is 0.364. The van der Waals surface area contributed by atoms with Gasteiger partial charge in [0.15, 0.2) is 5.78 Å². The van der Waals surface area contributed by atoms with Gasteiger partial charge in [0.1, 0.15) is 11.2 Å². The molecule has 158 valence electrons. The quantitative estimate of drug-likeness (QED) is 0.757. The minimum atomic E-state index is -4.78. The zero-order chi connectivity index (χ0) is 21.4. The first-order valence-corrected chi connectivity index (χ1v) is 9.75. The summed E-state index contributed by atoms with van der Waals surface area (Å²) in [5.74, 6) is -0.874. The van der Waals surface area contributed by atoms with Crippen molar-refractivity contribution >= 4 is 17.4 Å². The lowest BCUT2D eigenvalue weighted by atomic mass is 9.68. The van der Waals surface area contributed by atoms with Crippen LogP contribution in [-0.4, -0.2) is 37.7 Å². The summed E-state index contributed by atoms with van der Waals surface area (Å²) >= 11 is 0. The van der Waals surface area contributed by atoms with Gasteiger partial charge in [0.25, 0.3) is 0 Å². The molecule has 5 nitrogen and oxygen atoms in total. The van der Waals surface area contributed by atoms with Crippen molar-refractivity contribution in [3.8, 4) is 5.75 Å². The number of ether oxygens (including phenoxy) is 1. The molecule has 2 unspecified atom stereocenters. The van der Waals surface area contributed by atoms with E-state index in [4.69, 9.17) is 0 Å². The minimum Gasteiger partial charge on any atom is -0.406 e. The maximum Gasteiger partial charge on any atom is 0.573 e. The fourth-order valence-electron chi connectivity index (χ4n) is 4.45. The maximum absolute atomic E-state index is 13.5. The van der Waals surface area contributed by atoms with Crippen molar-refractivity contribution < 1.29 is 27.5 Å². The lowest BCUT2D eigenvalue weighted by molar-refractivity contribution is -0.274. The highest BCUT2D eigenvalue weighted by molar-refractivity contribution is 6.14. The van der Waals surface area contributed by atoms with Crippen LogP contribution in [0, 0.1) is 11.3 Å². The molecule has 2 atom stereocenters. The number of benzene rings is 2. The number of ketones is 1. The molecule has 2 heterocycles. The Morgan fingerprint density at radius 2 is 1.83 bits per heavy atom. The van der Waals surface area contributed by atoms with Crippen LogP contribution in [0.15, 0.2) is 54.6 Å². The van der Waals surface area contributed by atoms with Crippen LogP contribution in [0.4, 0.5) is 18.9 Å². The first-order valence-electron chi connectivity index (χ1n) is 9.75. The van der Waals surface area contributed by atoms with E-state index in [1.807, 2.05) is 30.3 Å². The van der Waals surface area contributed by atoms with Crippen LogP contribution in [0.1, 0.15) is 12.0 Å². The Hall–Kier alpha value is -2.87. The molecule has 0 saturated carbocycles. The van der Waals surface area contributed by atoms with Gasteiger partial charge in [0.2, 0.25) is 5.91 Å². The first kappa shape index (κ1) is 20.4. The van der Waals surface area contributed by atoms with E-state index in [0.717, 1.165) is 5.56 Å². The van der Waals surface area contributed by atoms with Gasteiger partial charge in [-0.3, -0.25) is 9.59 Å². The third-order valence-electron chi connectivity index (χ3n) is 5.91. The van der Waals surface area contributed by atoms with Crippen molar-refractivity contribution in [3.05, 3.63) is 60.2 Å². The predicted octanol–water partition coefficient (Wildman–Crippen LogP) is 3.34. The van der Waals surface area contributed by atoms with Crippen LogP contribution in [0.5, 0.6) is 5.75 Å². The summed E-state index contributed by atoms with van der Waals surface area (Å²) in [7, 11) is 0. The highest BCUT2D eigenvalue weighted by Gasteiger charge is 2.58. The van der Waals surface area contributed by atoms with Gasteiger partial charge in [0, 0.05) is 25.2 Å². The van der Waals surface area contributed by atoms with Crippen molar-refractivity contribution in [1.29, 1.82) is 0 Å². The number of fused-ring (bicyclic) bond motifs is 1. The van der Waals surface area contributed by atoms with Crippen LogP contribution < -0.4 is 15.0 Å². The number of anilines is 1. The lowest BCUT2D eigenvalue weighted by Gasteiger charge is -2.42. The number of rotatable bonds is 5. The third-order valence-corrected chi connectivity index (χ3v) is 5.91. The largest absolute Gasteiger partial charge is 0.573 e. The monoisotopic (exact) mass is 418 g/mol. The highest BCUT2D eigenvalue weighted by Crippen LogP contribution is 2.43. The second-order valence-corrected chi connectivity index (χ2v) is 7.67. The molecule has 2 saturated heterocycles. The van der Waals surface area contributed by atoms with Crippen molar-refractivity contribution in [2.45, 2.75) is 19.2 Å². The Balaban J connectivity index is 1.58. The van der Waals surface area contributed by atoms with Crippen LogP contribution in [0.2, 0.25) is 0 Å². The summed E-state index contributed by atoms with van der Waals surface area (Å²) in [6.45, 7) is 1.28. The number of hydrogen-bond acceptors (Lipinski definition) is 4. The Bertz CT molecular complexity index is 931. The molecule has 4 rings (SSSR count). The van der Waals surface area contributed by atoms with E-state index >= 15 is 0 Å². The van der Waals surface area contributed by atoms with Crippen molar-refractivity contribution in [2.75, 3.05) is 24.5 Å². The molecular weight excluding hydrogens is 397 g/mol. The second-order valence-electron chi connectivity index (χ2n) is 7.67. The van der Waals surface area contributed by atoms with E-state index in [1.54, 1.807) is 0 Å². The number of piperidine rings is 1. The van der Waals surface area contributed by atoms with Crippen LogP contribution >= 0.6 is 0 Å². The summed E-state index contributed by atoms with van der Waals surface area (Å²) in [6.07, 6.45) is -3.98. The van der Waals surface area contributed by atoms with Crippen LogP contribution in [0.25, 0.3) is 0 Å². The standard InChI is InChI=1S/C22H21F3N2O3/c23-22(24,25)30-18-8-6-17(7-9-18)27-11-10-16-13-26-14-21(16,20(27)29)19(28)12-15-4-2-1-3-5-15/h1-9,16,26H,10-14H2. The van der Waals surface area contributed by atoms with Crippen molar-refractivity contribution in [1.82, 2.24) is 5.32 Å². The molecule has 1 amide bonds. The van der Waals surface area contributed by atoms with Gasteiger partial charge >= 0.3 is 6.36 Å². The number of alkyl halides is 3. The summed E-state index contributed by atoms with van der Waals surface area (Å²) in [5, 5.41) is 3.20. The normalized spacial score (nSPS) is 23.9. The molecule has 0 aromatic heterocycles. The molecule has 30 heavy (non-hydrogen) atoms. The van der Waals surface area contributed by atoms with Gasteiger partial charge in [-0.1, -0.05) is 30.3 Å². The summed E-state index contributed by atoms with van der Waals surface area (Å²) < 4.78 is 41.1. The van der Waals surface area contributed by atoms with E-state index in [9.17, 15) is 22.8 Å². The van der Waals surface area contributed by atoms with E-state index in [1.165, 1.54) is 29.2 Å². The maximum atomic E-state index is 13.5. The Kier molecular flexibility index (Phi) is 5.27. The van der Waals surface area contributed by atoms with Crippen molar-refractivity contribution in [2.24, 2.45) is 11.3 Å². The number of Topliss-reactive ketones (excluding diaryl/α,β-unsaturated/α-hetero) is 1. The smallest absolute Gasteiger partial charge is 0.406 e. The Labute approximate surface area is 171 Å². The SMILES string of the molecule is O=C(Cc1ccccc1)C12CNCC1CCN(c1ccc(OC(F)(F)F)cc1)C2=O. The molecular formula is C22H21F3N2O3. The van der Waals surface area contributed by atoms with E-state index in [2.05, 4.69) is 10.1 Å². The molecule has 2 aliphatic heterocycles. The lowest BCUT2D eigenvalue weighted by Crippen LogP contribution is -2.58. The van der Waals surface area contributed by atoms with E-state index in [-0.39, 0.29) is 36.3 Å². The number of carbonyl (C=O) groups excluding carboxylic acids is 2. The topological polar surface area (TPSA) is 58.6 Å². The molecule has 1 N–H and O–H groups in total. The summed E-state index contributed by atoms with van der Waals surface area (Å²) in [5.41, 5.74) is 0.141. The molecule has 2 fully saturated rings. The van der Waals surface area contributed by atoms with Gasteiger partial charge in [-0.25, -0.2) is 0 Å². The molecule has 2 aromatic carbocycles. The molecule has 8 heteroatoms. The fourth-order valence-corrected chi connectivity index (χ4v) is 4.45. The third kappa shape index (κ3) is 3.79. The molecule has 0 radical (unpaired) electrons. The summed E-state index contributed by atoms with van der Waals surface area (Å²) in [6, 6.07) is 14.5. The van der Waals surface area contributed by atoms with Gasteiger partial charge in [-0.15, -0.1) is 13.2 Å². The molecule has 0 spiro atoms. The van der Waals surface area contributed by atoms with Gasteiger partial charge in [-0.2, -0.15) is 0 Å². The molecule has 2 aliphatic rings. The first-order chi connectivity index (χ1) is 14.3. The van der Waals surface area contributed by atoms with Gasteiger partial charge < -0.3 is 15.0 Å². The number of carbonyl (C=O) groups is 2. The average Bonchev–Trinajstić information content (AvgIpc) is 3.15. The molecule has 0 bridgehead atoms. The number of nitrogens with zero attached hydrogens (tertiary/aromatic N) is 1. The van der Waals surface area contributed by atoms with Crippen LogP contribution in [0.3, 0.4) is 0 Å². The number of hydrogen-bond donors (Lipinski definition) is 1. The molecule has 2 aromatic rings. The van der Waals surface area contributed by atoms with Crippen LogP contribution in [-0.2, 0) is 16.0 Å². The summed E-state index contributed by atoms with van der Waals surface area (Å²) in [4.78, 5) is 28.4. The predicted molar refractivity (Wildman–Crippen MR) is 104 cm³/mol. The minimum absolute atomic E-state index is 0.0923. The van der Waals surface area contributed by atoms with Gasteiger partial charge in [-0.05, 0) is 48.7 Å². The highest BCUT2D eigenvalue weighted by atomic mass is 19.4. The Morgan fingerprint density at radius 1 is 1.13 bits per heavy atom. The average molecular weight is 418 g/mol. The van der Waals surface area contributed by atoms with Crippen molar-refractivity contribution in [3.63, 3.8) is 0 Å². The molecule has 0 aliphatic carbocycles. The Morgan fingerprint density at radius 3 is 2.50 bits per heavy atom. The zero-order valence-electron chi connectivity index (χ0n) is 16.1. The van der Waals surface area contributed by atoms with E-state index in [0.29, 0.717) is 25.2 Å². The van der Waals surface area contributed by atoms with E-state index < -0.39 is 11.8 Å². The number of halogens is 3. The number of nitrogens with one attached hydrogen (secondary N) is 1.